The summed E-state index contributed by atoms with van der Waals surface area (Å²) in [6, 6.07) is 8.90. The first-order chi connectivity index (χ1) is 12.0. The van der Waals surface area contributed by atoms with E-state index in [4.69, 9.17) is 16.3 Å². The quantitative estimate of drug-likeness (QED) is 0.800. The molecule has 1 amide bonds. The van der Waals surface area contributed by atoms with E-state index in [-0.39, 0.29) is 17.6 Å². The summed E-state index contributed by atoms with van der Waals surface area (Å²) in [7, 11) is 0. The second kappa shape index (κ2) is 7.70. The molecule has 1 aromatic carbocycles. The summed E-state index contributed by atoms with van der Waals surface area (Å²) in [5.74, 6) is -0.875. The fraction of sp³-hybridized carbons (Fsp3) is 0.389. The number of H-pyrrole nitrogens is 1. The lowest BCUT2D eigenvalue weighted by Crippen LogP contribution is -2.40. The number of carbonyl (C=O) groups excluding carboxylic acids is 2. The number of aromatic nitrogens is 2. The number of ether oxygens (including phenoxy) is 1. The van der Waals surface area contributed by atoms with Gasteiger partial charge in [0.15, 0.2) is 6.10 Å². The largest absolute Gasteiger partial charge is 0.448 e. The van der Waals surface area contributed by atoms with Crippen molar-refractivity contribution in [3.63, 3.8) is 0 Å². The number of nitrogens with zero attached hydrogens (tertiary/aromatic N) is 1. The van der Waals surface area contributed by atoms with Crippen LogP contribution in [0.25, 0.3) is 11.3 Å². The molecule has 25 heavy (non-hydrogen) atoms. The molecule has 1 aliphatic carbocycles. The molecule has 0 radical (unpaired) electrons. The Kier molecular flexibility index (Phi) is 5.38. The molecule has 1 fully saturated rings. The highest BCUT2D eigenvalue weighted by Crippen LogP contribution is 2.21. The number of benzene rings is 1. The fourth-order valence-corrected chi connectivity index (χ4v) is 2.99. The van der Waals surface area contributed by atoms with Crippen LogP contribution in [-0.4, -0.2) is 34.2 Å². The van der Waals surface area contributed by atoms with Crippen LogP contribution in [0.3, 0.4) is 0 Å². The molecule has 3 rings (SSSR count). The van der Waals surface area contributed by atoms with Crippen LogP contribution in [0.5, 0.6) is 0 Å². The van der Waals surface area contributed by atoms with Gasteiger partial charge in [-0.25, -0.2) is 4.79 Å². The average Bonchev–Trinajstić information content (AvgIpc) is 3.27. The molecular formula is C18H20ClN3O3. The van der Waals surface area contributed by atoms with Crippen LogP contribution in [0.1, 0.15) is 43.1 Å². The number of esters is 1. The van der Waals surface area contributed by atoms with Gasteiger partial charge in [0.05, 0.1) is 5.69 Å². The molecule has 2 N–H and O–H groups in total. The van der Waals surface area contributed by atoms with Gasteiger partial charge in [0.25, 0.3) is 5.91 Å². The Hall–Kier alpha value is -2.34. The van der Waals surface area contributed by atoms with Crippen LogP contribution < -0.4 is 5.32 Å². The van der Waals surface area contributed by atoms with E-state index in [1.54, 1.807) is 25.1 Å². The van der Waals surface area contributed by atoms with E-state index in [1.165, 1.54) is 0 Å². The summed E-state index contributed by atoms with van der Waals surface area (Å²) in [4.78, 5) is 24.3. The molecule has 0 spiro atoms. The topological polar surface area (TPSA) is 84.1 Å². The molecule has 132 valence electrons. The predicted molar refractivity (Wildman–Crippen MR) is 94.3 cm³/mol. The van der Waals surface area contributed by atoms with E-state index in [0.717, 1.165) is 31.2 Å². The van der Waals surface area contributed by atoms with E-state index >= 15 is 0 Å². The van der Waals surface area contributed by atoms with E-state index in [0.29, 0.717) is 10.7 Å². The minimum Gasteiger partial charge on any atom is -0.448 e. The molecule has 2 aromatic rings. The third-order valence-electron chi connectivity index (χ3n) is 4.29. The zero-order valence-electron chi connectivity index (χ0n) is 13.9. The first-order valence-corrected chi connectivity index (χ1v) is 8.73. The number of amides is 1. The molecule has 7 heteroatoms. The molecule has 1 heterocycles. The molecule has 1 aliphatic rings. The molecule has 1 atom stereocenters. The number of nitrogens with one attached hydrogen (secondary N) is 2. The molecule has 1 unspecified atom stereocenters. The second-order valence-corrected chi connectivity index (χ2v) is 6.65. The molecule has 0 aliphatic heterocycles. The summed E-state index contributed by atoms with van der Waals surface area (Å²) in [6.07, 6.45) is 3.37. The predicted octanol–water partition coefficient (Wildman–Crippen LogP) is 3.33. The molecule has 0 saturated heterocycles. The highest BCUT2D eigenvalue weighted by atomic mass is 35.5. The van der Waals surface area contributed by atoms with E-state index < -0.39 is 12.1 Å². The van der Waals surface area contributed by atoms with Gasteiger partial charge in [0.2, 0.25) is 0 Å². The van der Waals surface area contributed by atoms with Crippen molar-refractivity contribution in [2.24, 2.45) is 0 Å². The lowest BCUT2D eigenvalue weighted by molar-refractivity contribution is -0.129. The maximum atomic E-state index is 12.2. The molecule has 1 saturated carbocycles. The number of carbonyl (C=O) groups is 2. The van der Waals surface area contributed by atoms with Gasteiger partial charge in [-0.1, -0.05) is 36.6 Å². The van der Waals surface area contributed by atoms with Crippen molar-refractivity contribution in [3.05, 3.63) is 41.0 Å². The lowest BCUT2D eigenvalue weighted by atomic mass is 10.1. The molecule has 6 nitrogen and oxygen atoms in total. The smallest absolute Gasteiger partial charge is 0.357 e. The van der Waals surface area contributed by atoms with Crippen LogP contribution in [0.15, 0.2) is 30.3 Å². The Morgan fingerprint density at radius 3 is 2.64 bits per heavy atom. The number of hydrogen-bond acceptors (Lipinski definition) is 4. The Morgan fingerprint density at radius 2 is 1.96 bits per heavy atom. The first kappa shape index (κ1) is 17.5. The minimum absolute atomic E-state index is 0.192. The van der Waals surface area contributed by atoms with Crippen LogP contribution in [0.2, 0.25) is 5.02 Å². The Balaban J connectivity index is 1.59. The van der Waals surface area contributed by atoms with Crippen LogP contribution >= 0.6 is 11.6 Å². The number of rotatable bonds is 5. The maximum Gasteiger partial charge on any atom is 0.357 e. The van der Waals surface area contributed by atoms with Gasteiger partial charge in [-0.15, -0.1) is 0 Å². The average molecular weight is 362 g/mol. The highest BCUT2D eigenvalue weighted by molar-refractivity contribution is 6.30. The van der Waals surface area contributed by atoms with Crippen molar-refractivity contribution in [3.8, 4) is 11.3 Å². The van der Waals surface area contributed by atoms with E-state index in [2.05, 4.69) is 15.5 Å². The van der Waals surface area contributed by atoms with Crippen molar-refractivity contribution in [2.75, 3.05) is 0 Å². The Labute approximate surface area is 150 Å². The van der Waals surface area contributed by atoms with Crippen molar-refractivity contribution in [1.82, 2.24) is 15.5 Å². The van der Waals surface area contributed by atoms with Gasteiger partial charge >= 0.3 is 5.97 Å². The standard InChI is InChI=1S/C18H20ClN3O3/c1-11(17(23)20-14-4-2-3-5-14)25-18(24)16-10-15(21-22-16)12-6-8-13(19)9-7-12/h6-11,14H,2-5H2,1H3,(H,20,23)(H,21,22). The zero-order valence-corrected chi connectivity index (χ0v) is 14.7. The SMILES string of the molecule is CC(OC(=O)c1cc(-c2ccc(Cl)cc2)n[nH]1)C(=O)NC1CCCC1. The zero-order chi connectivity index (χ0) is 17.8. The maximum absolute atomic E-state index is 12.2. The molecular weight excluding hydrogens is 342 g/mol. The van der Waals surface area contributed by atoms with Gasteiger partial charge < -0.3 is 10.1 Å². The monoisotopic (exact) mass is 361 g/mol. The molecule has 1 aromatic heterocycles. The van der Waals surface area contributed by atoms with Crippen molar-refractivity contribution in [1.29, 1.82) is 0 Å². The van der Waals surface area contributed by atoms with Crippen molar-refractivity contribution >= 4 is 23.5 Å². The van der Waals surface area contributed by atoms with E-state index in [1.807, 2.05) is 12.1 Å². The number of aromatic amines is 1. The van der Waals surface area contributed by atoms with Crippen LogP contribution in [0.4, 0.5) is 0 Å². The van der Waals surface area contributed by atoms with Gasteiger partial charge in [0.1, 0.15) is 5.69 Å². The number of halogens is 1. The lowest BCUT2D eigenvalue weighted by Gasteiger charge is -2.16. The Bertz CT molecular complexity index is 751. The summed E-state index contributed by atoms with van der Waals surface area (Å²) in [5, 5.41) is 10.3. The summed E-state index contributed by atoms with van der Waals surface area (Å²) >= 11 is 5.86. The van der Waals surface area contributed by atoms with E-state index in [9.17, 15) is 9.59 Å². The van der Waals surface area contributed by atoms with Crippen molar-refractivity contribution in [2.45, 2.75) is 44.8 Å². The van der Waals surface area contributed by atoms with Crippen molar-refractivity contribution < 1.29 is 14.3 Å². The fourth-order valence-electron chi connectivity index (χ4n) is 2.86. The summed E-state index contributed by atoms with van der Waals surface area (Å²) in [6.45, 7) is 1.57. The van der Waals surface area contributed by atoms with Gasteiger partial charge in [-0.2, -0.15) is 5.10 Å². The minimum atomic E-state index is -0.851. The van der Waals surface area contributed by atoms with Gasteiger partial charge in [0, 0.05) is 16.6 Å². The highest BCUT2D eigenvalue weighted by Gasteiger charge is 2.24. The van der Waals surface area contributed by atoms with Gasteiger partial charge in [-0.05, 0) is 38.0 Å². The third kappa shape index (κ3) is 4.39. The Morgan fingerprint density at radius 1 is 1.28 bits per heavy atom. The van der Waals surface area contributed by atoms with Gasteiger partial charge in [-0.3, -0.25) is 9.89 Å². The number of hydrogen-bond donors (Lipinski definition) is 2. The molecule has 0 bridgehead atoms. The summed E-state index contributed by atoms with van der Waals surface area (Å²) < 4.78 is 5.23. The second-order valence-electron chi connectivity index (χ2n) is 6.21. The first-order valence-electron chi connectivity index (χ1n) is 8.35. The normalized spacial score (nSPS) is 15.8. The third-order valence-corrected chi connectivity index (χ3v) is 4.54. The summed E-state index contributed by atoms with van der Waals surface area (Å²) in [5.41, 5.74) is 1.63. The van der Waals surface area contributed by atoms with Crippen LogP contribution in [0, 0.1) is 0 Å². The van der Waals surface area contributed by atoms with Crippen LogP contribution in [-0.2, 0) is 9.53 Å².